The minimum atomic E-state index is -0.674. The first-order chi connectivity index (χ1) is 11.1. The molecule has 1 aromatic carbocycles. The maximum Gasteiger partial charge on any atom is 0.251 e. The van der Waals surface area contributed by atoms with E-state index in [1.165, 1.54) is 12.3 Å². The van der Waals surface area contributed by atoms with Crippen LogP contribution in [-0.4, -0.2) is 20.4 Å². The van der Waals surface area contributed by atoms with Crippen LogP contribution in [0.4, 0.5) is 4.39 Å². The molecule has 0 spiro atoms. The molecule has 1 atom stereocenters. The fraction of sp³-hybridized carbons (Fsp3) is 0.118. The molecule has 5 nitrogen and oxygen atoms in total. The number of imidazole rings is 1. The molecule has 0 bridgehead atoms. The molecule has 1 unspecified atom stereocenters. The molecule has 1 amide bonds. The Bertz CT molecular complexity index is 817. The van der Waals surface area contributed by atoms with E-state index in [4.69, 9.17) is 0 Å². The van der Waals surface area contributed by atoms with E-state index in [1.807, 2.05) is 42.0 Å². The van der Waals surface area contributed by atoms with Crippen LogP contribution in [0, 0.1) is 5.95 Å². The maximum atomic E-state index is 13.1. The molecular weight excluding hydrogens is 295 g/mol. The first-order valence-electron chi connectivity index (χ1n) is 7.14. The fourth-order valence-corrected chi connectivity index (χ4v) is 2.27. The van der Waals surface area contributed by atoms with E-state index < -0.39 is 5.95 Å². The van der Waals surface area contributed by atoms with Gasteiger partial charge in [0.1, 0.15) is 0 Å². The van der Waals surface area contributed by atoms with Crippen molar-refractivity contribution in [2.45, 2.75) is 13.0 Å². The Kier molecular flexibility index (Phi) is 4.14. The van der Waals surface area contributed by atoms with Crippen molar-refractivity contribution in [1.29, 1.82) is 0 Å². The van der Waals surface area contributed by atoms with E-state index in [1.54, 1.807) is 12.5 Å². The number of carbonyl (C=O) groups excluding carboxylic acids is 1. The second-order valence-corrected chi connectivity index (χ2v) is 5.13. The smallest absolute Gasteiger partial charge is 0.251 e. The van der Waals surface area contributed by atoms with Crippen molar-refractivity contribution in [3.8, 4) is 5.69 Å². The summed E-state index contributed by atoms with van der Waals surface area (Å²) in [7, 11) is 0. The van der Waals surface area contributed by atoms with Crippen molar-refractivity contribution in [1.82, 2.24) is 19.9 Å². The van der Waals surface area contributed by atoms with Gasteiger partial charge in [0.2, 0.25) is 5.95 Å². The summed E-state index contributed by atoms with van der Waals surface area (Å²) in [5.41, 5.74) is 2.14. The van der Waals surface area contributed by atoms with Crippen LogP contribution in [-0.2, 0) is 0 Å². The minimum absolute atomic E-state index is 0.220. The molecule has 116 valence electrons. The van der Waals surface area contributed by atoms with Crippen molar-refractivity contribution in [3.63, 3.8) is 0 Å². The highest BCUT2D eigenvalue weighted by molar-refractivity contribution is 5.94. The highest BCUT2D eigenvalue weighted by Crippen LogP contribution is 2.17. The van der Waals surface area contributed by atoms with Crippen LogP contribution in [0.15, 0.2) is 61.3 Å². The standard InChI is InChI=1S/C17H15FN4O/c1-12(21-17(23)14-5-6-20-16(18)10-14)13-3-2-4-15(9-13)22-8-7-19-11-22/h2-12H,1H3,(H,21,23). The summed E-state index contributed by atoms with van der Waals surface area (Å²) < 4.78 is 15.0. The SMILES string of the molecule is CC(NC(=O)c1ccnc(F)c1)c1cccc(-n2ccnc2)c1. The number of amides is 1. The number of halogens is 1. The number of nitrogens with zero attached hydrogens (tertiary/aromatic N) is 3. The monoisotopic (exact) mass is 310 g/mol. The van der Waals surface area contributed by atoms with Crippen LogP contribution in [0.2, 0.25) is 0 Å². The van der Waals surface area contributed by atoms with Crippen LogP contribution in [0.1, 0.15) is 28.9 Å². The predicted octanol–water partition coefficient (Wildman–Crippen LogP) is 2.90. The zero-order chi connectivity index (χ0) is 16.2. The first-order valence-corrected chi connectivity index (χ1v) is 7.14. The van der Waals surface area contributed by atoms with Crippen LogP contribution in [0.25, 0.3) is 5.69 Å². The Hall–Kier alpha value is -3.02. The van der Waals surface area contributed by atoms with E-state index in [2.05, 4.69) is 15.3 Å². The van der Waals surface area contributed by atoms with Gasteiger partial charge in [0, 0.05) is 35.9 Å². The lowest BCUT2D eigenvalue weighted by molar-refractivity contribution is 0.0939. The number of nitrogens with one attached hydrogen (secondary N) is 1. The molecule has 6 heteroatoms. The molecule has 0 fully saturated rings. The van der Waals surface area contributed by atoms with Gasteiger partial charge in [-0.2, -0.15) is 4.39 Å². The molecule has 2 aromatic heterocycles. The minimum Gasteiger partial charge on any atom is -0.346 e. The Morgan fingerprint density at radius 2 is 2.13 bits per heavy atom. The van der Waals surface area contributed by atoms with Crippen molar-refractivity contribution in [2.24, 2.45) is 0 Å². The Morgan fingerprint density at radius 1 is 1.26 bits per heavy atom. The fourth-order valence-electron chi connectivity index (χ4n) is 2.27. The highest BCUT2D eigenvalue weighted by Gasteiger charge is 2.13. The summed E-state index contributed by atoms with van der Waals surface area (Å²) in [6, 6.07) is 10.1. The summed E-state index contributed by atoms with van der Waals surface area (Å²) in [6.45, 7) is 1.88. The van der Waals surface area contributed by atoms with Gasteiger partial charge in [-0.3, -0.25) is 4.79 Å². The summed E-state index contributed by atoms with van der Waals surface area (Å²) in [5.74, 6) is -1.01. The van der Waals surface area contributed by atoms with Crippen molar-refractivity contribution >= 4 is 5.91 Å². The molecule has 2 heterocycles. The van der Waals surface area contributed by atoms with Crippen LogP contribution in [0.5, 0.6) is 0 Å². The second-order valence-electron chi connectivity index (χ2n) is 5.13. The van der Waals surface area contributed by atoms with Crippen molar-refractivity contribution in [2.75, 3.05) is 0 Å². The van der Waals surface area contributed by atoms with Gasteiger partial charge in [0.05, 0.1) is 12.4 Å². The van der Waals surface area contributed by atoms with Crippen LogP contribution in [0.3, 0.4) is 0 Å². The molecule has 3 aromatic rings. The second kappa shape index (κ2) is 6.39. The third-order valence-electron chi connectivity index (χ3n) is 3.51. The van der Waals surface area contributed by atoms with Gasteiger partial charge in [-0.05, 0) is 30.7 Å². The first kappa shape index (κ1) is 14.9. The number of pyridine rings is 1. The number of aromatic nitrogens is 3. The van der Waals surface area contributed by atoms with Gasteiger partial charge in [-0.25, -0.2) is 9.97 Å². The molecule has 1 N–H and O–H groups in total. The van der Waals surface area contributed by atoms with E-state index in [0.717, 1.165) is 17.3 Å². The summed E-state index contributed by atoms with van der Waals surface area (Å²) in [5, 5.41) is 2.85. The number of benzene rings is 1. The molecule has 3 rings (SSSR count). The summed E-state index contributed by atoms with van der Waals surface area (Å²) >= 11 is 0. The molecular formula is C17H15FN4O. The zero-order valence-corrected chi connectivity index (χ0v) is 12.5. The molecule has 0 aliphatic heterocycles. The number of hydrogen-bond acceptors (Lipinski definition) is 3. The third kappa shape index (κ3) is 3.42. The number of carbonyl (C=O) groups is 1. The van der Waals surface area contributed by atoms with Crippen LogP contribution < -0.4 is 5.32 Å². The average Bonchev–Trinajstić information content (AvgIpc) is 3.09. The molecule has 0 aliphatic carbocycles. The normalized spacial score (nSPS) is 11.9. The van der Waals surface area contributed by atoms with E-state index in [-0.39, 0.29) is 17.5 Å². The van der Waals surface area contributed by atoms with Crippen molar-refractivity contribution in [3.05, 3.63) is 78.4 Å². The Labute approximate surface area is 132 Å². The average molecular weight is 310 g/mol. The Balaban J connectivity index is 1.77. The van der Waals surface area contributed by atoms with E-state index in [0.29, 0.717) is 0 Å². The predicted molar refractivity (Wildman–Crippen MR) is 83.6 cm³/mol. The number of hydrogen-bond donors (Lipinski definition) is 1. The summed E-state index contributed by atoms with van der Waals surface area (Å²) in [6.07, 6.45) is 6.54. The molecule has 23 heavy (non-hydrogen) atoms. The third-order valence-corrected chi connectivity index (χ3v) is 3.51. The lowest BCUT2D eigenvalue weighted by atomic mass is 10.1. The van der Waals surface area contributed by atoms with Gasteiger partial charge >= 0.3 is 0 Å². The van der Waals surface area contributed by atoms with E-state index >= 15 is 0 Å². The highest BCUT2D eigenvalue weighted by atomic mass is 19.1. The van der Waals surface area contributed by atoms with E-state index in [9.17, 15) is 9.18 Å². The molecule has 0 radical (unpaired) electrons. The van der Waals surface area contributed by atoms with Gasteiger partial charge in [0.25, 0.3) is 5.91 Å². The van der Waals surface area contributed by atoms with Crippen LogP contribution >= 0.6 is 0 Å². The zero-order valence-electron chi connectivity index (χ0n) is 12.5. The molecule has 0 saturated heterocycles. The molecule has 0 aliphatic rings. The quantitative estimate of drug-likeness (QED) is 0.754. The van der Waals surface area contributed by atoms with Gasteiger partial charge < -0.3 is 9.88 Å². The lowest BCUT2D eigenvalue weighted by Gasteiger charge is -2.15. The summed E-state index contributed by atoms with van der Waals surface area (Å²) in [4.78, 5) is 19.6. The Morgan fingerprint density at radius 3 is 2.87 bits per heavy atom. The lowest BCUT2D eigenvalue weighted by Crippen LogP contribution is -2.26. The topological polar surface area (TPSA) is 59.8 Å². The maximum absolute atomic E-state index is 13.1. The number of rotatable bonds is 4. The van der Waals surface area contributed by atoms with Gasteiger partial charge in [-0.1, -0.05) is 12.1 Å². The van der Waals surface area contributed by atoms with Gasteiger partial charge in [-0.15, -0.1) is 0 Å². The molecule has 0 saturated carbocycles. The largest absolute Gasteiger partial charge is 0.346 e. The van der Waals surface area contributed by atoms with Gasteiger partial charge in [0.15, 0.2) is 0 Å². The van der Waals surface area contributed by atoms with Crippen molar-refractivity contribution < 1.29 is 9.18 Å².